The summed E-state index contributed by atoms with van der Waals surface area (Å²) in [4.78, 5) is 12.7. The SMILES string of the molecule is Cc1ccc(S(=O)(=O)N2CCC(C(=O)Oc3ccc(C#N)cc3)CC2)cc1C. The molecule has 0 saturated carbocycles. The maximum Gasteiger partial charge on any atom is 0.314 e. The van der Waals surface area contributed by atoms with Crippen LogP contribution in [-0.2, 0) is 14.8 Å². The lowest BCUT2D eigenvalue weighted by atomic mass is 9.98. The molecule has 0 atom stereocenters. The molecule has 1 saturated heterocycles. The summed E-state index contributed by atoms with van der Waals surface area (Å²) in [5.41, 5.74) is 2.47. The van der Waals surface area contributed by atoms with Gasteiger partial charge >= 0.3 is 5.97 Å². The van der Waals surface area contributed by atoms with E-state index >= 15 is 0 Å². The van der Waals surface area contributed by atoms with Crippen LogP contribution in [0.15, 0.2) is 47.4 Å². The lowest BCUT2D eigenvalue weighted by molar-refractivity contribution is -0.140. The molecule has 1 aliphatic heterocycles. The van der Waals surface area contributed by atoms with Crippen LogP contribution in [0.4, 0.5) is 0 Å². The van der Waals surface area contributed by atoms with Gasteiger partial charge in [0, 0.05) is 13.1 Å². The van der Waals surface area contributed by atoms with Gasteiger partial charge in [-0.1, -0.05) is 6.07 Å². The summed E-state index contributed by atoms with van der Waals surface area (Å²) in [6.45, 7) is 4.39. The van der Waals surface area contributed by atoms with Crippen molar-refractivity contribution < 1.29 is 17.9 Å². The lowest BCUT2D eigenvalue weighted by Crippen LogP contribution is -2.41. The lowest BCUT2D eigenvalue weighted by Gasteiger charge is -2.30. The zero-order chi connectivity index (χ0) is 20.3. The highest BCUT2D eigenvalue weighted by molar-refractivity contribution is 7.89. The van der Waals surface area contributed by atoms with Gasteiger partial charge in [0.25, 0.3) is 0 Å². The van der Waals surface area contributed by atoms with Crippen molar-refractivity contribution in [2.75, 3.05) is 13.1 Å². The van der Waals surface area contributed by atoms with Gasteiger partial charge < -0.3 is 4.74 Å². The predicted octanol–water partition coefficient (Wildman–Crippen LogP) is 3.18. The molecule has 0 unspecified atom stereocenters. The van der Waals surface area contributed by atoms with E-state index in [0.717, 1.165) is 11.1 Å². The molecule has 2 aromatic rings. The van der Waals surface area contributed by atoms with Gasteiger partial charge in [0.2, 0.25) is 10.0 Å². The fourth-order valence-corrected chi connectivity index (χ4v) is 4.71. The highest BCUT2D eigenvalue weighted by atomic mass is 32.2. The number of nitriles is 1. The number of aryl methyl sites for hydroxylation is 2. The molecule has 0 spiro atoms. The third-order valence-electron chi connectivity index (χ3n) is 5.11. The van der Waals surface area contributed by atoms with Gasteiger partial charge in [-0.05, 0) is 74.2 Å². The van der Waals surface area contributed by atoms with Crippen LogP contribution in [0.1, 0.15) is 29.5 Å². The minimum atomic E-state index is -3.57. The highest BCUT2D eigenvalue weighted by Gasteiger charge is 2.33. The molecular formula is C21H22N2O4S. The number of esters is 1. The third kappa shape index (κ3) is 4.24. The van der Waals surface area contributed by atoms with E-state index in [2.05, 4.69) is 0 Å². The Hall–Kier alpha value is -2.69. The van der Waals surface area contributed by atoms with Crippen molar-refractivity contribution >= 4 is 16.0 Å². The van der Waals surface area contributed by atoms with Crippen LogP contribution in [0, 0.1) is 31.1 Å². The van der Waals surface area contributed by atoms with Gasteiger partial charge in [-0.3, -0.25) is 4.79 Å². The van der Waals surface area contributed by atoms with Crippen molar-refractivity contribution in [2.24, 2.45) is 5.92 Å². The zero-order valence-electron chi connectivity index (χ0n) is 15.9. The smallest absolute Gasteiger partial charge is 0.314 e. The average molecular weight is 398 g/mol. The van der Waals surface area contributed by atoms with E-state index in [-0.39, 0.29) is 29.9 Å². The van der Waals surface area contributed by atoms with Gasteiger partial charge in [-0.2, -0.15) is 9.57 Å². The van der Waals surface area contributed by atoms with E-state index in [9.17, 15) is 13.2 Å². The van der Waals surface area contributed by atoms with Crippen molar-refractivity contribution in [3.8, 4) is 11.8 Å². The number of hydrogen-bond donors (Lipinski definition) is 0. The first-order chi connectivity index (χ1) is 13.3. The molecule has 3 rings (SSSR count). The van der Waals surface area contributed by atoms with E-state index in [1.54, 1.807) is 36.4 Å². The Morgan fingerprint density at radius 2 is 1.71 bits per heavy atom. The second kappa shape index (κ2) is 8.13. The number of benzene rings is 2. The van der Waals surface area contributed by atoms with E-state index < -0.39 is 10.0 Å². The quantitative estimate of drug-likeness (QED) is 0.583. The Labute approximate surface area is 165 Å². The van der Waals surface area contributed by atoms with Gasteiger partial charge in [0.05, 0.1) is 22.4 Å². The summed E-state index contributed by atoms with van der Waals surface area (Å²) >= 11 is 0. The molecule has 1 heterocycles. The molecule has 0 N–H and O–H groups in total. The van der Waals surface area contributed by atoms with Crippen molar-refractivity contribution in [3.63, 3.8) is 0 Å². The Bertz CT molecular complexity index is 1020. The number of sulfonamides is 1. The number of hydrogen-bond acceptors (Lipinski definition) is 5. The minimum Gasteiger partial charge on any atom is -0.426 e. The fourth-order valence-electron chi connectivity index (χ4n) is 3.15. The van der Waals surface area contributed by atoms with E-state index in [1.165, 1.54) is 4.31 Å². The molecule has 0 radical (unpaired) electrons. The molecular weight excluding hydrogens is 376 g/mol. The van der Waals surface area contributed by atoms with Crippen molar-refractivity contribution in [2.45, 2.75) is 31.6 Å². The van der Waals surface area contributed by atoms with Crippen molar-refractivity contribution in [1.82, 2.24) is 4.31 Å². The Kier molecular flexibility index (Phi) is 5.82. The molecule has 1 fully saturated rings. The Balaban J connectivity index is 1.62. The fraction of sp³-hybridized carbons (Fsp3) is 0.333. The topological polar surface area (TPSA) is 87.5 Å². The maximum atomic E-state index is 12.9. The molecule has 28 heavy (non-hydrogen) atoms. The molecule has 6 nitrogen and oxygen atoms in total. The molecule has 2 aromatic carbocycles. The van der Waals surface area contributed by atoms with E-state index in [4.69, 9.17) is 10.00 Å². The summed E-state index contributed by atoms with van der Waals surface area (Å²) in [5.74, 6) is -0.330. The second-order valence-corrected chi connectivity index (χ2v) is 8.92. The third-order valence-corrected chi connectivity index (χ3v) is 7.00. The van der Waals surface area contributed by atoms with Crippen LogP contribution >= 0.6 is 0 Å². The molecule has 7 heteroatoms. The van der Waals surface area contributed by atoms with Gasteiger partial charge in [-0.15, -0.1) is 0 Å². The molecule has 0 bridgehead atoms. The van der Waals surface area contributed by atoms with Crippen LogP contribution in [-0.4, -0.2) is 31.8 Å². The summed E-state index contributed by atoms with van der Waals surface area (Å²) in [6.07, 6.45) is 0.832. The molecule has 0 aromatic heterocycles. The standard InChI is InChI=1S/C21H22N2O4S/c1-15-3-8-20(13-16(15)2)28(25,26)23-11-9-18(10-12-23)21(24)27-19-6-4-17(14-22)5-7-19/h3-8,13,18H,9-12H2,1-2H3. The number of rotatable bonds is 4. The van der Waals surface area contributed by atoms with Gasteiger partial charge in [0.15, 0.2) is 0 Å². The van der Waals surface area contributed by atoms with E-state index in [1.807, 2.05) is 26.0 Å². The summed E-state index contributed by atoms with van der Waals surface area (Å²) in [5, 5.41) is 8.80. The Morgan fingerprint density at radius 3 is 2.29 bits per heavy atom. The summed E-state index contributed by atoms with van der Waals surface area (Å²) < 4.78 is 32.5. The molecule has 0 aliphatic carbocycles. The first kappa shape index (κ1) is 20.1. The van der Waals surface area contributed by atoms with Gasteiger partial charge in [0.1, 0.15) is 5.75 Å². The number of nitrogens with zero attached hydrogens (tertiary/aromatic N) is 2. The number of carbonyl (C=O) groups excluding carboxylic acids is 1. The van der Waals surface area contributed by atoms with E-state index in [0.29, 0.717) is 24.2 Å². The summed E-state index contributed by atoms with van der Waals surface area (Å²) in [7, 11) is -3.57. The maximum absolute atomic E-state index is 12.9. The highest BCUT2D eigenvalue weighted by Crippen LogP contribution is 2.26. The van der Waals surface area contributed by atoms with Crippen molar-refractivity contribution in [1.29, 1.82) is 5.26 Å². The zero-order valence-corrected chi connectivity index (χ0v) is 16.7. The normalized spacial score (nSPS) is 15.8. The number of carbonyl (C=O) groups is 1. The first-order valence-corrected chi connectivity index (χ1v) is 10.5. The first-order valence-electron chi connectivity index (χ1n) is 9.10. The minimum absolute atomic E-state index is 0.280. The average Bonchev–Trinajstić information content (AvgIpc) is 2.70. The van der Waals surface area contributed by atoms with Crippen LogP contribution in [0.25, 0.3) is 0 Å². The second-order valence-electron chi connectivity index (χ2n) is 6.98. The summed E-state index contributed by atoms with van der Waals surface area (Å²) in [6, 6.07) is 13.5. The molecule has 1 aliphatic rings. The Morgan fingerprint density at radius 1 is 1.07 bits per heavy atom. The monoisotopic (exact) mass is 398 g/mol. The number of ether oxygens (including phenoxy) is 1. The van der Waals surface area contributed by atoms with Crippen molar-refractivity contribution in [3.05, 3.63) is 59.2 Å². The van der Waals surface area contributed by atoms with Crippen LogP contribution in [0.3, 0.4) is 0 Å². The van der Waals surface area contributed by atoms with Crippen LogP contribution in [0.2, 0.25) is 0 Å². The molecule has 146 valence electrons. The molecule has 0 amide bonds. The van der Waals surface area contributed by atoms with Crippen LogP contribution < -0.4 is 4.74 Å². The van der Waals surface area contributed by atoms with Crippen LogP contribution in [0.5, 0.6) is 5.75 Å². The number of piperidine rings is 1. The van der Waals surface area contributed by atoms with Gasteiger partial charge in [-0.25, -0.2) is 8.42 Å². The largest absolute Gasteiger partial charge is 0.426 e. The predicted molar refractivity (Wildman–Crippen MR) is 104 cm³/mol.